The highest BCUT2D eigenvalue weighted by molar-refractivity contribution is 9.10. The number of hydrogen-bond acceptors (Lipinski definition) is 3. The van der Waals surface area contributed by atoms with E-state index in [1.165, 1.54) is 17.4 Å². The molecule has 2 aromatic rings. The number of hydrogen-bond donors (Lipinski definition) is 1. The van der Waals surface area contributed by atoms with Crippen LogP contribution in [0, 0.1) is 11.6 Å². The third-order valence-electron chi connectivity index (χ3n) is 3.35. The third-order valence-corrected chi connectivity index (χ3v) is 5.17. The number of rotatable bonds is 6. The van der Waals surface area contributed by atoms with Crippen LogP contribution >= 0.6 is 27.3 Å². The highest BCUT2D eigenvalue weighted by atomic mass is 79.9. The van der Waals surface area contributed by atoms with Gasteiger partial charge in [0.25, 0.3) is 0 Å². The number of nitrogens with two attached hydrogens (primary N) is 1. The van der Waals surface area contributed by atoms with Crippen LogP contribution < -0.4 is 5.73 Å². The molecular weight excluding hydrogens is 358 g/mol. The second-order valence-corrected chi connectivity index (χ2v) is 6.29. The molecule has 1 aromatic heterocycles. The van der Waals surface area contributed by atoms with Gasteiger partial charge < -0.3 is 5.73 Å². The maximum absolute atomic E-state index is 14.1. The van der Waals surface area contributed by atoms with Crippen LogP contribution in [0.3, 0.4) is 0 Å². The normalized spacial score (nSPS) is 13.9. The summed E-state index contributed by atoms with van der Waals surface area (Å²) in [5.41, 5.74) is 8.26. The zero-order valence-electron chi connectivity index (χ0n) is 11.2. The van der Waals surface area contributed by atoms with Crippen molar-refractivity contribution in [3.05, 3.63) is 63.0 Å². The molecule has 0 amide bonds. The minimum atomic E-state index is -0.855. The summed E-state index contributed by atoms with van der Waals surface area (Å²) in [6.07, 6.45) is 3.01. The van der Waals surface area contributed by atoms with Crippen molar-refractivity contribution in [1.82, 2.24) is 4.98 Å². The average molecular weight is 373 g/mol. The van der Waals surface area contributed by atoms with Gasteiger partial charge in [-0.2, -0.15) is 0 Å². The van der Waals surface area contributed by atoms with Crippen molar-refractivity contribution in [3.63, 3.8) is 0 Å². The maximum Gasteiger partial charge on any atom is 0.162 e. The van der Waals surface area contributed by atoms with Gasteiger partial charge in [-0.25, -0.2) is 13.8 Å². The first kappa shape index (κ1) is 16.3. The smallest absolute Gasteiger partial charge is 0.162 e. The fraction of sp³-hybridized carbons (Fsp3) is 0.267. The van der Waals surface area contributed by atoms with Crippen LogP contribution in [-0.4, -0.2) is 4.98 Å². The Kier molecular flexibility index (Phi) is 5.61. The number of thiazole rings is 1. The van der Waals surface area contributed by atoms with Crippen molar-refractivity contribution in [2.24, 2.45) is 5.73 Å². The molecule has 0 fully saturated rings. The van der Waals surface area contributed by atoms with E-state index in [1.807, 2.05) is 0 Å². The van der Waals surface area contributed by atoms with Gasteiger partial charge in [-0.05, 0) is 40.4 Å². The lowest BCUT2D eigenvalue weighted by molar-refractivity contribution is 0.457. The maximum atomic E-state index is 14.1. The monoisotopic (exact) mass is 372 g/mol. The van der Waals surface area contributed by atoms with E-state index in [0.29, 0.717) is 23.0 Å². The molecule has 2 nitrogen and oxygen atoms in total. The van der Waals surface area contributed by atoms with E-state index in [0.717, 1.165) is 10.9 Å². The summed E-state index contributed by atoms with van der Waals surface area (Å²) in [6, 6.07) is 3.74. The Labute approximate surface area is 134 Å². The number of halogens is 3. The summed E-state index contributed by atoms with van der Waals surface area (Å²) >= 11 is 4.74. The van der Waals surface area contributed by atoms with Gasteiger partial charge in [-0.1, -0.05) is 18.2 Å². The van der Waals surface area contributed by atoms with E-state index in [2.05, 4.69) is 27.5 Å². The molecule has 0 unspecified atom stereocenters. The second-order valence-electron chi connectivity index (χ2n) is 4.65. The molecule has 0 saturated carbocycles. The Balaban J connectivity index is 2.40. The Morgan fingerprint density at radius 3 is 2.81 bits per heavy atom. The van der Waals surface area contributed by atoms with E-state index >= 15 is 0 Å². The zero-order chi connectivity index (χ0) is 15.4. The SMILES string of the molecule is C=CCC[C@@H](c1cccc(F)c1F)[C@H](N)c1scnc1Br. The van der Waals surface area contributed by atoms with Gasteiger partial charge in [-0.15, -0.1) is 17.9 Å². The molecule has 0 aliphatic heterocycles. The molecule has 0 radical (unpaired) electrons. The summed E-state index contributed by atoms with van der Waals surface area (Å²) < 4.78 is 28.2. The molecule has 6 heteroatoms. The predicted octanol–water partition coefficient (Wildman–Crippen LogP) is 4.93. The third kappa shape index (κ3) is 3.56. The quantitative estimate of drug-likeness (QED) is 0.729. The van der Waals surface area contributed by atoms with Gasteiger partial charge in [-0.3, -0.25) is 0 Å². The van der Waals surface area contributed by atoms with E-state index in [1.54, 1.807) is 17.7 Å². The van der Waals surface area contributed by atoms with Crippen molar-refractivity contribution in [2.75, 3.05) is 0 Å². The first-order valence-electron chi connectivity index (χ1n) is 6.45. The highest BCUT2D eigenvalue weighted by Crippen LogP contribution is 2.39. The van der Waals surface area contributed by atoms with E-state index < -0.39 is 17.7 Å². The summed E-state index contributed by atoms with van der Waals surface area (Å²) in [5, 5.41) is 0. The Morgan fingerprint density at radius 1 is 1.43 bits per heavy atom. The highest BCUT2D eigenvalue weighted by Gasteiger charge is 2.27. The number of aromatic nitrogens is 1. The number of allylic oxidation sites excluding steroid dienone is 1. The molecule has 0 bridgehead atoms. The van der Waals surface area contributed by atoms with Crippen molar-refractivity contribution >= 4 is 27.3 Å². The van der Waals surface area contributed by atoms with E-state index in [-0.39, 0.29) is 5.92 Å². The predicted molar refractivity (Wildman–Crippen MR) is 85.3 cm³/mol. The molecule has 0 aliphatic carbocycles. The fourth-order valence-corrected chi connectivity index (χ4v) is 3.80. The lowest BCUT2D eigenvalue weighted by Gasteiger charge is -2.24. The van der Waals surface area contributed by atoms with Gasteiger partial charge in [0.1, 0.15) is 4.60 Å². The van der Waals surface area contributed by atoms with Crippen molar-refractivity contribution < 1.29 is 8.78 Å². The molecule has 0 saturated heterocycles. The molecule has 1 aromatic carbocycles. The Bertz CT molecular complexity index is 630. The van der Waals surface area contributed by atoms with Crippen LogP contribution in [0.15, 0.2) is 41.0 Å². The van der Waals surface area contributed by atoms with Crippen LogP contribution in [0.1, 0.15) is 35.2 Å². The van der Waals surface area contributed by atoms with Gasteiger partial charge in [0.05, 0.1) is 10.4 Å². The summed E-state index contributed by atoms with van der Waals surface area (Å²) in [6.45, 7) is 3.68. The van der Waals surface area contributed by atoms with Gasteiger partial charge in [0.15, 0.2) is 11.6 Å². The molecule has 2 rings (SSSR count). The van der Waals surface area contributed by atoms with Gasteiger partial charge in [0.2, 0.25) is 0 Å². The molecule has 2 N–H and O–H groups in total. The minimum Gasteiger partial charge on any atom is -0.323 e. The summed E-state index contributed by atoms with van der Waals surface area (Å²) in [4.78, 5) is 4.93. The van der Waals surface area contributed by atoms with E-state index in [4.69, 9.17) is 5.73 Å². The number of benzene rings is 1. The first-order chi connectivity index (χ1) is 10.1. The average Bonchev–Trinajstić information content (AvgIpc) is 2.89. The van der Waals surface area contributed by atoms with Crippen LogP contribution in [0.4, 0.5) is 8.78 Å². The molecule has 2 atom stereocenters. The van der Waals surface area contributed by atoms with Crippen LogP contribution in [0.25, 0.3) is 0 Å². The molecule has 0 spiro atoms. The molecular formula is C15H15BrF2N2S. The molecule has 112 valence electrons. The Morgan fingerprint density at radius 2 is 2.19 bits per heavy atom. The summed E-state index contributed by atoms with van der Waals surface area (Å²) in [7, 11) is 0. The van der Waals surface area contributed by atoms with Crippen molar-refractivity contribution in [1.29, 1.82) is 0 Å². The topological polar surface area (TPSA) is 38.9 Å². The van der Waals surface area contributed by atoms with E-state index in [9.17, 15) is 8.78 Å². The first-order valence-corrected chi connectivity index (χ1v) is 8.12. The van der Waals surface area contributed by atoms with Crippen LogP contribution in [0.2, 0.25) is 0 Å². The molecule has 1 heterocycles. The number of nitrogens with zero attached hydrogens (tertiary/aromatic N) is 1. The van der Waals surface area contributed by atoms with Gasteiger partial charge >= 0.3 is 0 Å². The largest absolute Gasteiger partial charge is 0.323 e. The second kappa shape index (κ2) is 7.24. The Hall–Kier alpha value is -1.11. The standard InChI is InChI=1S/C15H15BrF2N2S/c1-2-3-5-10(9-6-4-7-11(17)12(9)18)13(19)14-15(16)20-8-21-14/h2,4,6-8,10,13H,1,3,5,19H2/t10-,13-/m0/s1. The van der Waals surface area contributed by atoms with Crippen LogP contribution in [0.5, 0.6) is 0 Å². The zero-order valence-corrected chi connectivity index (χ0v) is 13.6. The van der Waals surface area contributed by atoms with Crippen molar-refractivity contribution in [3.8, 4) is 0 Å². The summed E-state index contributed by atoms with van der Waals surface area (Å²) in [5.74, 6) is -2.02. The lowest BCUT2D eigenvalue weighted by Crippen LogP contribution is -2.20. The van der Waals surface area contributed by atoms with Crippen molar-refractivity contribution in [2.45, 2.75) is 24.8 Å². The molecule has 21 heavy (non-hydrogen) atoms. The fourth-order valence-electron chi connectivity index (χ4n) is 2.27. The minimum absolute atomic E-state index is 0.296. The van der Waals surface area contributed by atoms with Crippen LogP contribution in [-0.2, 0) is 0 Å². The lowest BCUT2D eigenvalue weighted by atomic mass is 9.86. The molecule has 0 aliphatic rings. The van der Waals surface area contributed by atoms with Gasteiger partial charge in [0, 0.05) is 12.0 Å².